The average Bonchev–Trinajstić information content (AvgIpc) is 3.24. The van der Waals surface area contributed by atoms with Crippen LogP contribution >= 0.6 is 0 Å². The third-order valence-electron chi connectivity index (χ3n) is 10.7. The molecule has 0 aromatic heterocycles. The highest BCUT2D eigenvalue weighted by Crippen LogP contribution is 2.43. The lowest BCUT2D eigenvalue weighted by atomic mass is 9.90. The summed E-state index contributed by atoms with van der Waals surface area (Å²) in [6.07, 6.45) is 0. The molecule has 0 heterocycles. The summed E-state index contributed by atoms with van der Waals surface area (Å²) >= 11 is 0. The largest absolute Gasteiger partial charge is 0.310 e. The van der Waals surface area contributed by atoms with Crippen LogP contribution in [0.1, 0.15) is 0 Å². The maximum atomic E-state index is 2.39. The van der Waals surface area contributed by atoms with Crippen LogP contribution in [-0.4, -0.2) is 0 Å². The molecule has 0 aliphatic carbocycles. The van der Waals surface area contributed by atoms with Crippen molar-refractivity contribution < 1.29 is 0 Å². The van der Waals surface area contributed by atoms with Crippen LogP contribution in [-0.2, 0) is 0 Å². The fourth-order valence-corrected chi connectivity index (χ4v) is 8.10. The first-order valence-electron chi connectivity index (χ1n) is 18.3. The molecule has 0 fully saturated rings. The van der Waals surface area contributed by atoms with Crippen LogP contribution < -0.4 is 4.90 Å². The first kappa shape index (κ1) is 30.8. The molecule has 0 saturated carbocycles. The first-order chi connectivity index (χ1) is 26.3. The number of rotatable bonds is 6. The fraction of sp³-hybridized carbons (Fsp3) is 0. The zero-order valence-corrected chi connectivity index (χ0v) is 29.2. The summed E-state index contributed by atoms with van der Waals surface area (Å²) in [6, 6.07) is 77.1. The molecule has 0 N–H and O–H groups in total. The van der Waals surface area contributed by atoms with Gasteiger partial charge in [-0.25, -0.2) is 0 Å². The highest BCUT2D eigenvalue weighted by molar-refractivity contribution is 6.21. The molecule has 1 heteroatoms. The molecule has 0 unspecified atom stereocenters. The SMILES string of the molecule is c1ccc(-c2ccc(N(c3ccccc3)c3ccc(-c4ccc(-c5cc6c7ccccc7ccc6c6ccccc56)cc4)c4ccccc34)cc2)cc1. The van der Waals surface area contributed by atoms with Gasteiger partial charge in [0.25, 0.3) is 0 Å². The van der Waals surface area contributed by atoms with Gasteiger partial charge in [0.05, 0.1) is 5.69 Å². The highest BCUT2D eigenvalue weighted by Gasteiger charge is 2.18. The van der Waals surface area contributed by atoms with Crippen LogP contribution in [0.25, 0.3) is 76.5 Å². The van der Waals surface area contributed by atoms with Crippen molar-refractivity contribution in [2.45, 2.75) is 0 Å². The van der Waals surface area contributed by atoms with Crippen molar-refractivity contribution in [1.29, 1.82) is 0 Å². The average molecular weight is 674 g/mol. The molecule has 1 nitrogen and oxygen atoms in total. The Morgan fingerprint density at radius 2 is 0.736 bits per heavy atom. The van der Waals surface area contributed by atoms with Gasteiger partial charge in [-0.05, 0) is 107 Å². The van der Waals surface area contributed by atoms with Crippen LogP contribution in [0, 0.1) is 0 Å². The standard InChI is InChI=1S/C52H35N/c1-3-13-36(14-4-1)37-27-30-42(31-28-37)53(41-16-5-2-6-17-41)52-34-33-44(45-19-11-12-22-49(45)52)39-23-25-40(26-24-39)50-35-51-43-18-8-7-15-38(43)29-32-48(51)46-20-9-10-21-47(46)50/h1-35H. The number of hydrogen-bond acceptors (Lipinski definition) is 1. The van der Waals surface area contributed by atoms with E-state index in [1.807, 2.05) is 0 Å². The summed E-state index contributed by atoms with van der Waals surface area (Å²) < 4.78 is 0. The van der Waals surface area contributed by atoms with Gasteiger partial charge in [-0.1, -0.05) is 176 Å². The van der Waals surface area contributed by atoms with E-state index in [2.05, 4.69) is 217 Å². The van der Waals surface area contributed by atoms with Gasteiger partial charge in [0.2, 0.25) is 0 Å². The van der Waals surface area contributed by atoms with E-state index in [9.17, 15) is 0 Å². The predicted molar refractivity (Wildman–Crippen MR) is 227 cm³/mol. The summed E-state index contributed by atoms with van der Waals surface area (Å²) in [4.78, 5) is 2.37. The van der Waals surface area contributed by atoms with E-state index in [0.717, 1.165) is 17.1 Å². The zero-order valence-electron chi connectivity index (χ0n) is 29.2. The van der Waals surface area contributed by atoms with Gasteiger partial charge in [-0.2, -0.15) is 0 Å². The van der Waals surface area contributed by atoms with E-state index >= 15 is 0 Å². The molecular formula is C52H35N. The predicted octanol–water partition coefficient (Wildman–Crippen LogP) is 14.8. The van der Waals surface area contributed by atoms with Crippen LogP contribution in [0.4, 0.5) is 17.1 Å². The van der Waals surface area contributed by atoms with Crippen LogP contribution in [0.15, 0.2) is 212 Å². The Labute approximate surface area is 309 Å². The number of para-hydroxylation sites is 1. The van der Waals surface area contributed by atoms with Crippen molar-refractivity contribution >= 4 is 60.2 Å². The van der Waals surface area contributed by atoms with E-state index in [1.165, 1.54) is 76.5 Å². The van der Waals surface area contributed by atoms with Crippen LogP contribution in [0.3, 0.4) is 0 Å². The maximum Gasteiger partial charge on any atom is 0.0540 e. The van der Waals surface area contributed by atoms with Crippen molar-refractivity contribution in [2.75, 3.05) is 4.90 Å². The van der Waals surface area contributed by atoms with Gasteiger partial charge < -0.3 is 4.90 Å². The van der Waals surface area contributed by atoms with E-state index in [4.69, 9.17) is 0 Å². The van der Waals surface area contributed by atoms with Gasteiger partial charge in [-0.3, -0.25) is 0 Å². The Bertz CT molecular complexity index is 2910. The zero-order chi connectivity index (χ0) is 35.1. The molecule has 10 rings (SSSR count). The van der Waals surface area contributed by atoms with E-state index in [0.29, 0.717) is 0 Å². The van der Waals surface area contributed by atoms with Gasteiger partial charge in [0.1, 0.15) is 0 Å². The molecule has 0 amide bonds. The summed E-state index contributed by atoms with van der Waals surface area (Å²) in [7, 11) is 0. The van der Waals surface area contributed by atoms with E-state index in [-0.39, 0.29) is 0 Å². The molecule has 10 aromatic carbocycles. The quantitative estimate of drug-likeness (QED) is 0.159. The maximum absolute atomic E-state index is 2.39. The Morgan fingerprint density at radius 1 is 0.245 bits per heavy atom. The lowest BCUT2D eigenvalue weighted by Gasteiger charge is -2.27. The molecule has 248 valence electrons. The highest BCUT2D eigenvalue weighted by atomic mass is 15.1. The van der Waals surface area contributed by atoms with Crippen molar-refractivity contribution in [3.63, 3.8) is 0 Å². The Balaban J connectivity index is 1.08. The van der Waals surface area contributed by atoms with Crippen LogP contribution in [0.5, 0.6) is 0 Å². The van der Waals surface area contributed by atoms with Gasteiger partial charge in [-0.15, -0.1) is 0 Å². The molecule has 10 aromatic rings. The molecule has 0 spiro atoms. The molecule has 0 bridgehead atoms. The molecule has 0 aliphatic heterocycles. The second-order valence-corrected chi connectivity index (χ2v) is 13.7. The fourth-order valence-electron chi connectivity index (χ4n) is 8.10. The minimum absolute atomic E-state index is 1.12. The normalized spacial score (nSPS) is 11.4. The number of fused-ring (bicyclic) bond motifs is 6. The third-order valence-corrected chi connectivity index (χ3v) is 10.7. The first-order valence-corrected chi connectivity index (χ1v) is 18.3. The molecule has 0 radical (unpaired) electrons. The molecule has 53 heavy (non-hydrogen) atoms. The van der Waals surface area contributed by atoms with Crippen molar-refractivity contribution in [1.82, 2.24) is 0 Å². The summed E-state index contributed by atoms with van der Waals surface area (Å²) in [5.41, 5.74) is 10.7. The monoisotopic (exact) mass is 673 g/mol. The molecule has 0 saturated heterocycles. The summed E-state index contributed by atoms with van der Waals surface area (Å²) in [5, 5.41) is 10.1. The minimum atomic E-state index is 1.12. The van der Waals surface area contributed by atoms with Gasteiger partial charge >= 0.3 is 0 Å². The second-order valence-electron chi connectivity index (χ2n) is 13.7. The lowest BCUT2D eigenvalue weighted by Crippen LogP contribution is -2.10. The Hall–Kier alpha value is -6.96. The molecule has 0 atom stereocenters. The third kappa shape index (κ3) is 5.42. The van der Waals surface area contributed by atoms with Crippen LogP contribution in [0.2, 0.25) is 0 Å². The number of hydrogen-bond donors (Lipinski definition) is 0. The number of benzene rings is 10. The molecule has 0 aliphatic rings. The molecular weight excluding hydrogens is 639 g/mol. The lowest BCUT2D eigenvalue weighted by molar-refractivity contribution is 1.30. The van der Waals surface area contributed by atoms with Gasteiger partial charge in [0.15, 0.2) is 0 Å². The topological polar surface area (TPSA) is 3.24 Å². The van der Waals surface area contributed by atoms with Crippen molar-refractivity contribution in [2.24, 2.45) is 0 Å². The second kappa shape index (κ2) is 13.0. The Morgan fingerprint density at radius 3 is 1.45 bits per heavy atom. The van der Waals surface area contributed by atoms with Crippen molar-refractivity contribution in [3.8, 4) is 33.4 Å². The van der Waals surface area contributed by atoms with Crippen molar-refractivity contribution in [3.05, 3.63) is 212 Å². The van der Waals surface area contributed by atoms with E-state index < -0.39 is 0 Å². The smallest absolute Gasteiger partial charge is 0.0540 e. The summed E-state index contributed by atoms with van der Waals surface area (Å²) in [6.45, 7) is 0. The summed E-state index contributed by atoms with van der Waals surface area (Å²) in [5.74, 6) is 0. The Kier molecular flexibility index (Phi) is 7.55. The van der Waals surface area contributed by atoms with E-state index in [1.54, 1.807) is 0 Å². The number of nitrogens with zero attached hydrogens (tertiary/aromatic N) is 1. The number of anilines is 3. The van der Waals surface area contributed by atoms with Gasteiger partial charge in [0, 0.05) is 16.8 Å². The minimum Gasteiger partial charge on any atom is -0.310 e.